The van der Waals surface area contributed by atoms with Crippen molar-refractivity contribution in [2.24, 2.45) is 0 Å². The molecule has 0 fully saturated rings. The van der Waals surface area contributed by atoms with Crippen molar-refractivity contribution >= 4 is 119 Å². The molecular weight excluding hydrogens is 861 g/mol. The molecule has 0 saturated carbocycles. The van der Waals surface area contributed by atoms with Gasteiger partial charge in [-0.15, -0.1) is 22.7 Å². The fraction of sp³-hybridized carbons (Fsp3) is 0.0312. The van der Waals surface area contributed by atoms with E-state index in [0.29, 0.717) is 0 Å². The molecule has 1 aliphatic rings. The lowest BCUT2D eigenvalue weighted by atomic mass is 9.83. The van der Waals surface area contributed by atoms with Gasteiger partial charge in [-0.05, 0) is 146 Å². The lowest BCUT2D eigenvalue weighted by molar-refractivity contribution is 1.09. The molecule has 0 N–H and O–H groups in total. The number of rotatable bonds is 6. The van der Waals surface area contributed by atoms with E-state index in [1.165, 1.54) is 112 Å². The van der Waals surface area contributed by atoms with E-state index in [1.54, 1.807) is 0 Å². The third-order valence-corrected chi connectivity index (χ3v) is 16.4. The zero-order valence-corrected chi connectivity index (χ0v) is 38.9. The average molecular weight is 903 g/mol. The van der Waals surface area contributed by atoms with Gasteiger partial charge in [0.25, 0.3) is 0 Å². The first-order chi connectivity index (χ1) is 33.7. The van der Waals surface area contributed by atoms with E-state index in [1.807, 2.05) is 22.7 Å². The van der Waals surface area contributed by atoms with E-state index >= 15 is 0 Å². The number of hydrogen-bond donors (Lipinski definition) is 0. The highest BCUT2D eigenvalue weighted by molar-refractivity contribution is 7.26. The maximum Gasteiger partial charge on any atom is 0.0497 e. The summed E-state index contributed by atoms with van der Waals surface area (Å²) in [5.74, 6) is 0. The number of thiophene rings is 2. The molecule has 0 radical (unpaired) electrons. The number of nitrogens with zero attached hydrogens (tertiary/aromatic N) is 2. The average Bonchev–Trinajstić information content (AvgIpc) is 3.97. The molecule has 0 bridgehead atoms. The van der Waals surface area contributed by atoms with Crippen LogP contribution in [0.15, 0.2) is 224 Å². The monoisotopic (exact) mass is 902 g/mol. The van der Waals surface area contributed by atoms with Crippen LogP contribution in [0.1, 0.15) is 16.7 Å². The van der Waals surface area contributed by atoms with Gasteiger partial charge in [-0.2, -0.15) is 0 Å². The summed E-state index contributed by atoms with van der Waals surface area (Å²) in [5, 5.41) is 10.1. The molecule has 2 nitrogen and oxygen atoms in total. The van der Waals surface area contributed by atoms with Crippen molar-refractivity contribution in [2.75, 3.05) is 9.80 Å². The number of fused-ring (bicyclic) bond motifs is 10. The predicted octanol–water partition coefficient (Wildman–Crippen LogP) is 19.2. The van der Waals surface area contributed by atoms with Gasteiger partial charge >= 0.3 is 0 Å². The Morgan fingerprint density at radius 1 is 0.382 bits per heavy atom. The number of aryl methyl sites for hydroxylation is 1. The van der Waals surface area contributed by atoms with Crippen LogP contribution in [0.4, 0.5) is 34.1 Å². The summed E-state index contributed by atoms with van der Waals surface area (Å²) in [6.07, 6.45) is 0.910. The Hall–Kier alpha value is -8.02. The Morgan fingerprint density at radius 2 is 0.897 bits per heavy atom. The minimum Gasteiger partial charge on any atom is -0.310 e. The van der Waals surface area contributed by atoms with Crippen LogP contribution in [0.5, 0.6) is 0 Å². The summed E-state index contributed by atoms with van der Waals surface area (Å²) in [4.78, 5) is 4.93. The molecule has 13 aromatic rings. The van der Waals surface area contributed by atoms with Crippen LogP contribution < -0.4 is 9.80 Å². The molecule has 0 unspecified atom stereocenters. The summed E-state index contributed by atoms with van der Waals surface area (Å²) in [5.41, 5.74) is 15.9. The molecule has 0 aliphatic carbocycles. The fourth-order valence-corrected chi connectivity index (χ4v) is 13.5. The van der Waals surface area contributed by atoms with Gasteiger partial charge in [-0.25, -0.2) is 0 Å². The van der Waals surface area contributed by atoms with Gasteiger partial charge in [-0.3, -0.25) is 0 Å². The summed E-state index contributed by atoms with van der Waals surface area (Å²) in [6.45, 7) is 2.22. The fourth-order valence-electron chi connectivity index (χ4n) is 11.2. The van der Waals surface area contributed by atoms with Gasteiger partial charge < -0.3 is 9.80 Å². The van der Waals surface area contributed by atoms with Crippen molar-refractivity contribution in [1.82, 2.24) is 0 Å². The van der Waals surface area contributed by atoms with Gasteiger partial charge in [0.05, 0.1) is 0 Å². The maximum atomic E-state index is 2.50. The second kappa shape index (κ2) is 15.5. The van der Waals surface area contributed by atoms with Gasteiger partial charge in [-0.1, -0.05) is 146 Å². The summed E-state index contributed by atoms with van der Waals surface area (Å²) in [6, 6.07) is 83.8. The summed E-state index contributed by atoms with van der Waals surface area (Å²) < 4.78 is 5.20. The third-order valence-electron chi connectivity index (χ3n) is 14.2. The first kappa shape index (κ1) is 39.2. The van der Waals surface area contributed by atoms with Crippen molar-refractivity contribution < 1.29 is 0 Å². The van der Waals surface area contributed by atoms with E-state index in [0.717, 1.165) is 29.2 Å². The van der Waals surface area contributed by atoms with Crippen LogP contribution >= 0.6 is 22.7 Å². The van der Waals surface area contributed by atoms with Crippen LogP contribution in [0.2, 0.25) is 0 Å². The van der Waals surface area contributed by atoms with Crippen molar-refractivity contribution in [1.29, 1.82) is 0 Å². The van der Waals surface area contributed by atoms with E-state index in [9.17, 15) is 0 Å². The lowest BCUT2D eigenvalue weighted by Crippen LogP contribution is -2.18. The Bertz CT molecular complexity index is 3920. The first-order valence-electron chi connectivity index (χ1n) is 23.4. The van der Waals surface area contributed by atoms with E-state index in [2.05, 4.69) is 241 Å². The topological polar surface area (TPSA) is 6.48 Å². The van der Waals surface area contributed by atoms with Crippen LogP contribution in [0.25, 0.3) is 84.1 Å². The van der Waals surface area contributed by atoms with Crippen molar-refractivity contribution in [3.05, 3.63) is 241 Å². The Morgan fingerprint density at radius 3 is 1.53 bits per heavy atom. The normalized spacial score (nSPS) is 12.4. The van der Waals surface area contributed by atoms with Crippen LogP contribution in [-0.4, -0.2) is 0 Å². The van der Waals surface area contributed by atoms with Crippen molar-refractivity contribution in [2.45, 2.75) is 13.3 Å². The van der Waals surface area contributed by atoms with Crippen LogP contribution in [-0.2, 0) is 6.42 Å². The summed E-state index contributed by atoms with van der Waals surface area (Å²) >= 11 is 3.77. The minimum atomic E-state index is 0.910. The van der Waals surface area contributed by atoms with Gasteiger partial charge in [0.2, 0.25) is 0 Å². The Kier molecular flexibility index (Phi) is 8.95. The molecule has 68 heavy (non-hydrogen) atoms. The van der Waals surface area contributed by atoms with Gasteiger partial charge in [0.15, 0.2) is 0 Å². The summed E-state index contributed by atoms with van der Waals surface area (Å²) in [7, 11) is 0. The quantitative estimate of drug-likeness (QED) is 0.153. The third kappa shape index (κ3) is 6.01. The standard InChI is InChI=1S/C64H42N2S2/c1-40-17-5-10-26-54(40)65(43-20-3-2-4-21-43)44-33-35-46-52(38-44)61(50-24-15-31-59-63(50)48-22-8-13-29-57(48)67-59)47-36-34-45(66-55-27-11-6-18-41(55)37-42-19-7-12-28-56(42)66)39-53(47)62(46)51-25-16-32-60-64(51)49-23-9-14-30-58(49)68-60/h2-36,38-39H,37H2,1H3. The number of benzene rings is 11. The van der Waals surface area contributed by atoms with Crippen molar-refractivity contribution in [3.63, 3.8) is 0 Å². The highest BCUT2D eigenvalue weighted by Gasteiger charge is 2.27. The molecule has 14 rings (SSSR count). The molecule has 2 aromatic heterocycles. The Labute approximate surface area is 402 Å². The van der Waals surface area contributed by atoms with Gasteiger partial charge in [0.1, 0.15) is 0 Å². The molecule has 0 atom stereocenters. The highest BCUT2D eigenvalue weighted by atomic mass is 32.1. The molecule has 1 aliphatic heterocycles. The molecular formula is C64H42N2S2. The molecule has 11 aromatic carbocycles. The van der Waals surface area contributed by atoms with Gasteiger partial charge in [0, 0.05) is 80.9 Å². The second-order valence-electron chi connectivity index (χ2n) is 18.0. The SMILES string of the molecule is Cc1ccccc1N(c1ccccc1)c1ccc2c(-c3cccc4sc5ccccc5c34)c3cc(N4c5ccccc5Cc5ccccc54)ccc3c(-c3cccc4sc5ccccc5c34)c2c1. The smallest absolute Gasteiger partial charge is 0.0497 e. The number of hydrogen-bond acceptors (Lipinski definition) is 4. The molecule has 0 spiro atoms. The number of para-hydroxylation sites is 4. The van der Waals surface area contributed by atoms with E-state index in [4.69, 9.17) is 0 Å². The minimum absolute atomic E-state index is 0.910. The highest BCUT2D eigenvalue weighted by Crippen LogP contribution is 2.53. The second-order valence-corrected chi connectivity index (χ2v) is 20.2. The first-order valence-corrected chi connectivity index (χ1v) is 25.0. The van der Waals surface area contributed by atoms with Crippen LogP contribution in [0, 0.1) is 6.92 Å². The Balaban J connectivity index is 1.16. The van der Waals surface area contributed by atoms with E-state index < -0.39 is 0 Å². The molecule has 320 valence electrons. The molecule has 0 saturated heterocycles. The molecule has 3 heterocycles. The predicted molar refractivity (Wildman–Crippen MR) is 295 cm³/mol. The largest absolute Gasteiger partial charge is 0.310 e. The molecule has 0 amide bonds. The zero-order chi connectivity index (χ0) is 44.9. The maximum absolute atomic E-state index is 2.50. The molecule has 4 heteroatoms. The van der Waals surface area contributed by atoms with Crippen molar-refractivity contribution in [3.8, 4) is 22.3 Å². The lowest BCUT2D eigenvalue weighted by Gasteiger charge is -2.34. The zero-order valence-electron chi connectivity index (χ0n) is 37.3. The van der Waals surface area contributed by atoms with E-state index in [-0.39, 0.29) is 0 Å². The van der Waals surface area contributed by atoms with Crippen LogP contribution in [0.3, 0.4) is 0 Å². The number of anilines is 6.